The van der Waals surface area contributed by atoms with Gasteiger partial charge in [-0.3, -0.25) is 4.79 Å². The number of unbranched alkanes of at least 4 members (excludes halogenated alkanes) is 1. The quantitative estimate of drug-likeness (QED) is 0.221. The fourth-order valence-corrected chi connectivity index (χ4v) is 2.25. The van der Waals surface area contributed by atoms with Gasteiger partial charge in [-0.15, -0.1) is 0 Å². The van der Waals surface area contributed by atoms with Gasteiger partial charge in [0.05, 0.1) is 6.61 Å². The fraction of sp³-hybridized carbons (Fsp3) is 0.474. The highest BCUT2D eigenvalue weighted by Crippen LogP contribution is 2.33. The van der Waals surface area contributed by atoms with Crippen LogP contribution in [0.1, 0.15) is 25.3 Å². The Morgan fingerprint density at radius 2 is 1.36 bits per heavy atom. The second kappa shape index (κ2) is 11.9. The average Bonchev–Trinajstić information content (AvgIpc) is 2.72. The summed E-state index contributed by atoms with van der Waals surface area (Å²) in [6.45, 7) is 1.43. The molecule has 0 fully saturated rings. The first-order valence-corrected chi connectivity index (χ1v) is 9.61. The molecule has 0 spiro atoms. The van der Waals surface area contributed by atoms with Crippen LogP contribution in [0, 0.1) is 0 Å². The lowest BCUT2D eigenvalue weighted by Crippen LogP contribution is -2.48. The van der Waals surface area contributed by atoms with E-state index in [1.807, 2.05) is 0 Å². The Bertz CT molecular complexity index is 971. The summed E-state index contributed by atoms with van der Waals surface area (Å²) in [7, 11) is 0. The van der Waals surface area contributed by atoms with Gasteiger partial charge in [-0.2, -0.15) is 39.5 Å². The van der Waals surface area contributed by atoms with Crippen LogP contribution in [0.5, 0.6) is 11.5 Å². The number of halogens is 9. The molecule has 1 N–H and O–H groups in total. The maximum Gasteiger partial charge on any atom is 0.491 e. The highest BCUT2D eigenvalue weighted by Gasteiger charge is 2.44. The largest absolute Gasteiger partial charge is 0.491 e. The third kappa shape index (κ3) is 9.61. The van der Waals surface area contributed by atoms with Gasteiger partial charge in [0, 0.05) is 6.42 Å². The molecule has 0 saturated heterocycles. The van der Waals surface area contributed by atoms with Gasteiger partial charge in [-0.05, 0) is 24.1 Å². The van der Waals surface area contributed by atoms with Gasteiger partial charge in [-0.1, -0.05) is 19.4 Å². The summed E-state index contributed by atoms with van der Waals surface area (Å²) in [5.74, 6) is -12.5. The summed E-state index contributed by atoms with van der Waals surface area (Å²) in [5.41, 5.74) is -0.424. The number of rotatable bonds is 9. The maximum absolute atomic E-state index is 12.6. The Morgan fingerprint density at radius 3 is 1.83 bits per heavy atom. The molecular weight excluding hydrogens is 525 g/mol. The smallest absolute Gasteiger partial charge is 0.464 e. The molecule has 0 aliphatic rings. The molecule has 0 aromatic heterocycles. The van der Waals surface area contributed by atoms with Crippen LogP contribution in [-0.2, 0) is 30.3 Å². The van der Waals surface area contributed by atoms with Crippen molar-refractivity contribution in [3.05, 3.63) is 23.8 Å². The zero-order chi connectivity index (χ0) is 27.9. The Balaban J connectivity index is 3.34. The average molecular weight is 541 g/mol. The van der Waals surface area contributed by atoms with Crippen molar-refractivity contribution < 1.29 is 72.9 Å². The van der Waals surface area contributed by atoms with E-state index in [0.717, 1.165) is 6.07 Å². The number of nitrogens with one attached hydrogen (secondary N) is 1. The molecule has 1 amide bonds. The lowest BCUT2D eigenvalue weighted by molar-refractivity contribution is -0.191. The number of hydrogen-bond acceptors (Lipinski definition) is 7. The minimum atomic E-state index is -5.65. The Labute approximate surface area is 195 Å². The molecule has 1 aromatic carbocycles. The van der Waals surface area contributed by atoms with E-state index < -0.39 is 71.9 Å². The summed E-state index contributed by atoms with van der Waals surface area (Å²) in [6.07, 6.45) is -16.8. The zero-order valence-electron chi connectivity index (χ0n) is 17.9. The summed E-state index contributed by atoms with van der Waals surface area (Å²) in [4.78, 5) is 45.6. The highest BCUT2D eigenvalue weighted by molar-refractivity contribution is 5.88. The third-order valence-electron chi connectivity index (χ3n) is 3.91. The van der Waals surface area contributed by atoms with Crippen LogP contribution in [0.3, 0.4) is 0 Å². The molecule has 0 aliphatic heterocycles. The van der Waals surface area contributed by atoms with E-state index in [1.54, 1.807) is 6.92 Å². The number of esters is 3. The molecule has 202 valence electrons. The first-order chi connectivity index (χ1) is 16.4. The molecule has 17 heteroatoms. The number of amides is 1. The minimum absolute atomic E-state index is 0.255. The van der Waals surface area contributed by atoms with Crippen molar-refractivity contribution in [2.24, 2.45) is 0 Å². The van der Waals surface area contributed by atoms with Gasteiger partial charge in [0.15, 0.2) is 11.5 Å². The van der Waals surface area contributed by atoms with E-state index in [1.165, 1.54) is 5.32 Å². The summed E-state index contributed by atoms with van der Waals surface area (Å²) >= 11 is 0. The molecule has 0 saturated carbocycles. The van der Waals surface area contributed by atoms with Gasteiger partial charge in [0.1, 0.15) is 6.04 Å². The first kappa shape index (κ1) is 30.5. The van der Waals surface area contributed by atoms with Gasteiger partial charge >= 0.3 is 42.3 Å². The maximum atomic E-state index is 12.6. The van der Waals surface area contributed by atoms with Crippen molar-refractivity contribution in [3.63, 3.8) is 0 Å². The van der Waals surface area contributed by atoms with Crippen LogP contribution < -0.4 is 14.8 Å². The van der Waals surface area contributed by atoms with Crippen LogP contribution in [-0.4, -0.2) is 55.0 Å². The second-order valence-electron chi connectivity index (χ2n) is 6.80. The van der Waals surface area contributed by atoms with Crippen LogP contribution in [0.15, 0.2) is 18.2 Å². The predicted molar refractivity (Wildman–Crippen MR) is 97.4 cm³/mol. The SMILES string of the molecule is CCCCOC(=O)[C@H](Cc1ccc(OC(=O)C(F)(F)F)c(OC(=O)C(F)(F)F)c1)NC(=O)C(F)(F)F. The molecule has 0 aliphatic carbocycles. The Hall–Kier alpha value is -3.53. The van der Waals surface area contributed by atoms with E-state index >= 15 is 0 Å². The Morgan fingerprint density at radius 1 is 0.833 bits per heavy atom. The molecule has 1 aromatic rings. The van der Waals surface area contributed by atoms with Gasteiger partial charge in [-0.25, -0.2) is 14.4 Å². The number of hydrogen-bond donors (Lipinski definition) is 1. The number of benzene rings is 1. The molecule has 0 heterocycles. The second-order valence-corrected chi connectivity index (χ2v) is 6.80. The van der Waals surface area contributed by atoms with Crippen molar-refractivity contribution in [2.45, 2.75) is 50.8 Å². The van der Waals surface area contributed by atoms with Gasteiger partial charge in [0.25, 0.3) is 0 Å². The molecule has 8 nitrogen and oxygen atoms in total. The third-order valence-corrected chi connectivity index (χ3v) is 3.91. The number of carbonyl (C=O) groups excluding carboxylic acids is 4. The first-order valence-electron chi connectivity index (χ1n) is 9.61. The van der Waals surface area contributed by atoms with Crippen molar-refractivity contribution in [3.8, 4) is 11.5 Å². The van der Waals surface area contributed by atoms with Crippen molar-refractivity contribution in [1.82, 2.24) is 5.32 Å². The van der Waals surface area contributed by atoms with Crippen LogP contribution in [0.4, 0.5) is 39.5 Å². The minimum Gasteiger partial charge on any atom is -0.464 e. The van der Waals surface area contributed by atoms with E-state index in [-0.39, 0.29) is 6.61 Å². The molecule has 0 unspecified atom stereocenters. The van der Waals surface area contributed by atoms with Crippen molar-refractivity contribution in [2.75, 3.05) is 6.61 Å². The van der Waals surface area contributed by atoms with E-state index in [0.29, 0.717) is 25.0 Å². The number of ether oxygens (including phenoxy) is 3. The standard InChI is InChI=1S/C19H16F9NO7/c1-2-3-6-34-13(30)10(29-14(31)17(20,21)22)7-9-4-5-11(35-15(32)18(23,24)25)12(8-9)36-16(33)19(26,27)28/h4-5,8,10H,2-3,6-7H2,1H3,(H,29,31)/t10-/m0/s1. The molecular formula is C19H16F9NO7. The molecule has 1 atom stereocenters. The monoisotopic (exact) mass is 541 g/mol. The zero-order valence-corrected chi connectivity index (χ0v) is 17.9. The molecule has 36 heavy (non-hydrogen) atoms. The molecule has 0 bridgehead atoms. The van der Waals surface area contributed by atoms with Crippen molar-refractivity contribution in [1.29, 1.82) is 0 Å². The summed E-state index contributed by atoms with van der Waals surface area (Å²) in [5, 5.41) is 1.32. The highest BCUT2D eigenvalue weighted by atomic mass is 19.4. The van der Waals surface area contributed by atoms with Crippen LogP contribution in [0.25, 0.3) is 0 Å². The van der Waals surface area contributed by atoms with Crippen LogP contribution >= 0.6 is 0 Å². The van der Waals surface area contributed by atoms with E-state index in [4.69, 9.17) is 4.74 Å². The predicted octanol–water partition coefficient (Wildman–Crippen LogP) is 3.55. The topological polar surface area (TPSA) is 108 Å². The van der Waals surface area contributed by atoms with Crippen molar-refractivity contribution >= 4 is 23.8 Å². The number of alkyl halides is 9. The van der Waals surface area contributed by atoms with Gasteiger partial charge < -0.3 is 19.5 Å². The van der Waals surface area contributed by atoms with Crippen LogP contribution in [0.2, 0.25) is 0 Å². The van der Waals surface area contributed by atoms with E-state index in [2.05, 4.69) is 9.47 Å². The van der Waals surface area contributed by atoms with E-state index in [9.17, 15) is 58.7 Å². The normalized spacial score (nSPS) is 12.9. The lowest BCUT2D eigenvalue weighted by Gasteiger charge is -2.19. The molecule has 1 rings (SSSR count). The molecule has 0 radical (unpaired) electrons. The lowest BCUT2D eigenvalue weighted by atomic mass is 10.0. The number of carbonyl (C=O) groups is 4. The summed E-state index contributed by atoms with van der Waals surface area (Å²) in [6, 6.07) is -0.501. The van der Waals surface area contributed by atoms with Gasteiger partial charge in [0.2, 0.25) is 0 Å². The summed E-state index contributed by atoms with van der Waals surface area (Å²) < 4.78 is 126. The Kier molecular flexibility index (Phi) is 10.1. The fourth-order valence-electron chi connectivity index (χ4n) is 2.25.